The molecule has 0 saturated heterocycles. The van der Waals surface area contributed by atoms with Gasteiger partial charge in [-0.05, 0) is 46.3 Å². The number of carbonyl (C=O) groups excluding carboxylic acids is 1. The lowest BCUT2D eigenvalue weighted by atomic mass is 9.67. The van der Waals surface area contributed by atoms with Crippen molar-refractivity contribution in [2.75, 3.05) is 0 Å². The molecule has 1 aromatic rings. The lowest BCUT2D eigenvalue weighted by molar-refractivity contribution is 0.0707. The molecule has 3 nitrogen and oxygen atoms in total. The van der Waals surface area contributed by atoms with E-state index in [9.17, 15) is 4.79 Å². The van der Waals surface area contributed by atoms with Crippen LogP contribution < -0.4 is 5.32 Å². The van der Waals surface area contributed by atoms with E-state index in [1.54, 1.807) is 12.1 Å². The van der Waals surface area contributed by atoms with E-state index in [-0.39, 0.29) is 17.4 Å². The minimum absolute atomic E-state index is 0.126. The molecule has 1 N–H and O–H groups in total. The Hall–Kier alpha value is -0.770. The molecule has 1 fully saturated rings. The Labute approximate surface area is 97.4 Å². The van der Waals surface area contributed by atoms with Gasteiger partial charge in [0.25, 0.3) is 5.91 Å². The van der Waals surface area contributed by atoms with Crippen LogP contribution in [0.2, 0.25) is 0 Å². The number of furan rings is 1. The van der Waals surface area contributed by atoms with E-state index in [0.717, 1.165) is 6.42 Å². The molecule has 0 bridgehead atoms. The number of hydrogen-bond acceptors (Lipinski definition) is 2. The SMILES string of the molecule is CC1(C)CCC1NC(=O)c1ccc(Br)o1. The van der Waals surface area contributed by atoms with Gasteiger partial charge >= 0.3 is 0 Å². The molecule has 1 heterocycles. The van der Waals surface area contributed by atoms with Gasteiger partial charge in [-0.2, -0.15) is 0 Å². The summed E-state index contributed by atoms with van der Waals surface area (Å²) in [4.78, 5) is 11.7. The van der Waals surface area contributed by atoms with E-state index in [1.165, 1.54) is 6.42 Å². The van der Waals surface area contributed by atoms with Crippen LogP contribution >= 0.6 is 15.9 Å². The number of halogens is 1. The fraction of sp³-hybridized carbons (Fsp3) is 0.545. The maximum absolute atomic E-state index is 11.7. The van der Waals surface area contributed by atoms with Crippen molar-refractivity contribution in [3.05, 3.63) is 22.6 Å². The van der Waals surface area contributed by atoms with Crippen molar-refractivity contribution in [2.45, 2.75) is 32.7 Å². The number of carbonyl (C=O) groups is 1. The average Bonchev–Trinajstić information content (AvgIpc) is 2.59. The van der Waals surface area contributed by atoms with Crippen LogP contribution in [0.3, 0.4) is 0 Å². The van der Waals surface area contributed by atoms with Crippen molar-refractivity contribution in [3.8, 4) is 0 Å². The first-order valence-corrected chi connectivity index (χ1v) is 5.84. The van der Waals surface area contributed by atoms with Crippen molar-refractivity contribution in [1.82, 2.24) is 5.32 Å². The average molecular weight is 272 g/mol. The van der Waals surface area contributed by atoms with E-state index in [2.05, 4.69) is 35.1 Å². The lowest BCUT2D eigenvalue weighted by Crippen LogP contribution is -2.52. The van der Waals surface area contributed by atoms with Gasteiger partial charge in [0.15, 0.2) is 10.4 Å². The third-order valence-electron chi connectivity index (χ3n) is 3.12. The normalized spacial score (nSPS) is 23.3. The summed E-state index contributed by atoms with van der Waals surface area (Å²) in [5.74, 6) is 0.239. The number of hydrogen-bond donors (Lipinski definition) is 1. The van der Waals surface area contributed by atoms with Crippen molar-refractivity contribution in [2.24, 2.45) is 5.41 Å². The first kappa shape index (κ1) is 10.7. The summed E-state index contributed by atoms with van der Waals surface area (Å²) in [6.07, 6.45) is 2.22. The van der Waals surface area contributed by atoms with Gasteiger partial charge in [-0.15, -0.1) is 0 Å². The smallest absolute Gasteiger partial charge is 0.287 e. The molecule has 1 aliphatic carbocycles. The predicted molar refractivity (Wildman–Crippen MR) is 60.7 cm³/mol. The van der Waals surface area contributed by atoms with Crippen LogP contribution in [0.15, 0.2) is 21.2 Å². The van der Waals surface area contributed by atoms with Gasteiger partial charge in [0, 0.05) is 6.04 Å². The van der Waals surface area contributed by atoms with Gasteiger partial charge in [-0.3, -0.25) is 4.79 Å². The topological polar surface area (TPSA) is 42.2 Å². The molecule has 82 valence electrons. The van der Waals surface area contributed by atoms with Gasteiger partial charge in [0.2, 0.25) is 0 Å². The Morgan fingerprint density at radius 3 is 2.73 bits per heavy atom. The number of amides is 1. The van der Waals surface area contributed by atoms with Gasteiger partial charge < -0.3 is 9.73 Å². The number of nitrogens with one attached hydrogen (secondary N) is 1. The quantitative estimate of drug-likeness (QED) is 0.899. The van der Waals surface area contributed by atoms with Crippen LogP contribution in [0.5, 0.6) is 0 Å². The molecule has 1 aromatic heterocycles. The van der Waals surface area contributed by atoms with E-state index >= 15 is 0 Å². The third kappa shape index (κ3) is 2.09. The lowest BCUT2D eigenvalue weighted by Gasteiger charge is -2.44. The molecule has 0 radical (unpaired) electrons. The first-order valence-electron chi connectivity index (χ1n) is 5.05. The summed E-state index contributed by atoms with van der Waals surface area (Å²) in [7, 11) is 0. The summed E-state index contributed by atoms with van der Waals surface area (Å²) < 4.78 is 5.77. The van der Waals surface area contributed by atoms with Crippen LogP contribution in [0, 0.1) is 5.41 Å². The highest BCUT2D eigenvalue weighted by atomic mass is 79.9. The zero-order valence-corrected chi connectivity index (χ0v) is 10.4. The minimum Gasteiger partial charge on any atom is -0.444 e. The Bertz CT molecular complexity index is 384. The highest BCUT2D eigenvalue weighted by molar-refractivity contribution is 9.10. The van der Waals surface area contributed by atoms with Crippen LogP contribution in [0.1, 0.15) is 37.2 Å². The summed E-state index contributed by atoms with van der Waals surface area (Å²) in [5, 5.41) is 2.98. The standard InChI is InChI=1S/C11H14BrNO2/c1-11(2)6-5-8(11)13-10(14)7-3-4-9(12)15-7/h3-4,8H,5-6H2,1-2H3,(H,13,14). The maximum Gasteiger partial charge on any atom is 0.287 e. The fourth-order valence-electron chi connectivity index (χ4n) is 1.80. The molecule has 0 aliphatic heterocycles. The minimum atomic E-state index is -0.126. The molecule has 1 unspecified atom stereocenters. The molecule has 15 heavy (non-hydrogen) atoms. The third-order valence-corrected chi connectivity index (χ3v) is 3.55. The fourth-order valence-corrected chi connectivity index (χ4v) is 2.11. The number of rotatable bonds is 2. The Morgan fingerprint density at radius 1 is 1.60 bits per heavy atom. The summed E-state index contributed by atoms with van der Waals surface area (Å²) in [5.41, 5.74) is 0.222. The molecule has 1 amide bonds. The highest BCUT2D eigenvalue weighted by Crippen LogP contribution is 2.40. The van der Waals surface area contributed by atoms with E-state index in [1.807, 2.05) is 0 Å². The van der Waals surface area contributed by atoms with Gasteiger partial charge in [0.05, 0.1) is 0 Å². The van der Waals surface area contributed by atoms with Crippen molar-refractivity contribution in [1.29, 1.82) is 0 Å². The predicted octanol–water partition coefficient (Wildman–Crippen LogP) is 2.96. The van der Waals surface area contributed by atoms with Crippen molar-refractivity contribution in [3.63, 3.8) is 0 Å². The monoisotopic (exact) mass is 271 g/mol. The molecule has 1 atom stereocenters. The van der Waals surface area contributed by atoms with Crippen molar-refractivity contribution < 1.29 is 9.21 Å². The van der Waals surface area contributed by atoms with Crippen LogP contribution in [0.25, 0.3) is 0 Å². The molecule has 2 rings (SSSR count). The molecule has 4 heteroatoms. The van der Waals surface area contributed by atoms with Gasteiger partial charge in [-0.25, -0.2) is 0 Å². The molecular weight excluding hydrogens is 258 g/mol. The van der Waals surface area contributed by atoms with E-state index in [4.69, 9.17) is 4.42 Å². The summed E-state index contributed by atoms with van der Waals surface area (Å²) >= 11 is 3.17. The first-order chi connectivity index (χ1) is 6.99. The second-order valence-corrected chi connectivity index (χ2v) is 5.44. The second-order valence-electron chi connectivity index (χ2n) is 4.66. The molecular formula is C11H14BrNO2. The molecule has 0 spiro atoms. The molecule has 0 aromatic carbocycles. The molecule has 1 saturated carbocycles. The summed E-state index contributed by atoms with van der Waals surface area (Å²) in [6, 6.07) is 3.67. The Kier molecular flexibility index (Phi) is 2.63. The second kappa shape index (κ2) is 3.67. The Balaban J connectivity index is 1.99. The van der Waals surface area contributed by atoms with Gasteiger partial charge in [0.1, 0.15) is 0 Å². The van der Waals surface area contributed by atoms with Gasteiger partial charge in [-0.1, -0.05) is 13.8 Å². The maximum atomic E-state index is 11.7. The molecule has 1 aliphatic rings. The van der Waals surface area contributed by atoms with Crippen LogP contribution in [-0.2, 0) is 0 Å². The van der Waals surface area contributed by atoms with Crippen LogP contribution in [0.4, 0.5) is 0 Å². The Morgan fingerprint density at radius 2 is 2.33 bits per heavy atom. The zero-order chi connectivity index (χ0) is 11.1. The summed E-state index contributed by atoms with van der Waals surface area (Å²) in [6.45, 7) is 4.33. The van der Waals surface area contributed by atoms with Crippen LogP contribution in [-0.4, -0.2) is 11.9 Å². The zero-order valence-electron chi connectivity index (χ0n) is 8.84. The largest absolute Gasteiger partial charge is 0.444 e. The van der Waals surface area contributed by atoms with Crippen molar-refractivity contribution >= 4 is 21.8 Å². The van der Waals surface area contributed by atoms with E-state index in [0.29, 0.717) is 10.4 Å². The highest BCUT2D eigenvalue weighted by Gasteiger charge is 2.39. The van der Waals surface area contributed by atoms with E-state index < -0.39 is 0 Å².